The maximum absolute atomic E-state index is 16.6. The van der Waals surface area contributed by atoms with Gasteiger partial charge in [0.05, 0.1) is 17.0 Å². The van der Waals surface area contributed by atoms with Gasteiger partial charge in [0.2, 0.25) is 0 Å². The third-order valence-electron chi connectivity index (χ3n) is 11.0. The van der Waals surface area contributed by atoms with E-state index in [9.17, 15) is 5.26 Å². The summed E-state index contributed by atoms with van der Waals surface area (Å²) >= 11 is 0. The highest BCUT2D eigenvalue weighted by atomic mass is 19.1. The Labute approximate surface area is 229 Å². The first-order valence-corrected chi connectivity index (χ1v) is 14.9. The van der Waals surface area contributed by atoms with Gasteiger partial charge in [0.15, 0.2) is 0 Å². The maximum Gasteiger partial charge on any atom is 0.132 e. The van der Waals surface area contributed by atoms with E-state index in [1.807, 2.05) is 0 Å². The highest BCUT2D eigenvalue weighted by molar-refractivity contribution is 5.86. The number of nitrogens with zero attached hydrogens (tertiary/aromatic N) is 3. The largest absolute Gasteiger partial charge is 0.489 e. The molecule has 3 aliphatic heterocycles. The zero-order valence-corrected chi connectivity index (χ0v) is 23.2. The molecule has 6 aliphatic rings. The van der Waals surface area contributed by atoms with Gasteiger partial charge in [0, 0.05) is 58.8 Å². The number of rotatable bonds is 5. The molecule has 5 nitrogen and oxygen atoms in total. The van der Waals surface area contributed by atoms with Crippen LogP contribution in [0.4, 0.5) is 4.39 Å². The SMILES string of the molecule is CCCCN1CC[C@H](Oc2cc(F)c3c(c2)C2C4(C#N)CC2(C4)N2[C@@H](C)Cc4c([nH]c5ccccc45)[C@@]32C)C1. The summed E-state index contributed by atoms with van der Waals surface area (Å²) in [6.07, 6.45) is 6.11. The Morgan fingerprint density at radius 1 is 1.23 bits per heavy atom. The summed E-state index contributed by atoms with van der Waals surface area (Å²) in [5.41, 5.74) is 4.17. The molecule has 4 atom stereocenters. The molecule has 39 heavy (non-hydrogen) atoms. The molecule has 1 unspecified atom stereocenters. The lowest BCUT2D eigenvalue weighted by Gasteiger charge is -2.82. The van der Waals surface area contributed by atoms with Crippen LogP contribution < -0.4 is 4.74 Å². The second kappa shape index (κ2) is 7.86. The monoisotopic (exact) mass is 524 g/mol. The fourth-order valence-electron chi connectivity index (χ4n) is 9.73. The molecule has 3 aromatic rings. The summed E-state index contributed by atoms with van der Waals surface area (Å²) in [7, 11) is 0. The van der Waals surface area contributed by atoms with E-state index in [1.54, 1.807) is 6.07 Å². The van der Waals surface area contributed by atoms with E-state index >= 15 is 4.39 Å². The minimum atomic E-state index is -0.632. The number of nitriles is 1. The molecule has 1 aromatic heterocycles. The summed E-state index contributed by atoms with van der Waals surface area (Å²) in [6, 6.07) is 15.1. The molecule has 0 radical (unpaired) electrons. The number of fused-ring (bicyclic) bond motifs is 7. The Balaban J connectivity index is 1.26. The van der Waals surface area contributed by atoms with E-state index in [1.165, 1.54) is 23.8 Å². The molecule has 6 heteroatoms. The number of hydrogen-bond acceptors (Lipinski definition) is 4. The number of aromatic amines is 1. The summed E-state index contributed by atoms with van der Waals surface area (Å²) in [4.78, 5) is 8.82. The normalized spacial score (nSPS) is 36.2. The molecule has 202 valence electrons. The molecular formula is C33H37FN4O. The third-order valence-corrected chi connectivity index (χ3v) is 11.0. The van der Waals surface area contributed by atoms with E-state index in [2.05, 4.69) is 72.0 Å². The van der Waals surface area contributed by atoms with Crippen LogP contribution in [-0.4, -0.2) is 52.1 Å². The van der Waals surface area contributed by atoms with Crippen molar-refractivity contribution in [2.45, 2.75) is 88.4 Å². The Bertz CT molecular complexity index is 1550. The van der Waals surface area contributed by atoms with Crippen LogP contribution in [0.2, 0.25) is 0 Å². The molecule has 4 fully saturated rings. The van der Waals surface area contributed by atoms with E-state index in [0.717, 1.165) is 67.7 Å². The smallest absolute Gasteiger partial charge is 0.132 e. The number of hydrogen-bond donors (Lipinski definition) is 1. The summed E-state index contributed by atoms with van der Waals surface area (Å²) < 4.78 is 23.1. The Hall–Kier alpha value is -2.88. The Morgan fingerprint density at radius 2 is 2.05 bits per heavy atom. The molecular weight excluding hydrogens is 487 g/mol. The molecule has 0 amide bonds. The van der Waals surface area contributed by atoms with Crippen molar-refractivity contribution in [3.05, 3.63) is 64.6 Å². The third kappa shape index (κ3) is 2.86. The fraction of sp³-hybridized carbons (Fsp3) is 0.545. The minimum absolute atomic E-state index is 0.0362. The van der Waals surface area contributed by atoms with E-state index in [-0.39, 0.29) is 34.8 Å². The highest BCUT2D eigenvalue weighted by Crippen LogP contribution is 2.82. The van der Waals surface area contributed by atoms with Crippen LogP contribution in [0.5, 0.6) is 5.75 Å². The van der Waals surface area contributed by atoms with Gasteiger partial charge >= 0.3 is 0 Å². The lowest BCUT2D eigenvalue weighted by Crippen LogP contribution is -2.85. The second-order valence-corrected chi connectivity index (χ2v) is 13.2. The average Bonchev–Trinajstić information content (AvgIpc) is 3.47. The van der Waals surface area contributed by atoms with Crippen molar-refractivity contribution in [2.24, 2.45) is 5.41 Å². The van der Waals surface area contributed by atoms with E-state index in [4.69, 9.17) is 4.74 Å². The first-order valence-electron chi connectivity index (χ1n) is 14.9. The zero-order valence-electron chi connectivity index (χ0n) is 23.2. The van der Waals surface area contributed by atoms with Gasteiger partial charge in [-0.2, -0.15) is 5.26 Å². The Morgan fingerprint density at radius 3 is 2.85 bits per heavy atom. The number of nitrogens with one attached hydrogen (secondary N) is 1. The van der Waals surface area contributed by atoms with Gasteiger partial charge < -0.3 is 9.72 Å². The van der Waals surface area contributed by atoms with E-state index < -0.39 is 5.54 Å². The van der Waals surface area contributed by atoms with Gasteiger partial charge in [-0.05, 0) is 75.8 Å². The number of halogens is 1. The zero-order chi connectivity index (χ0) is 26.7. The van der Waals surface area contributed by atoms with E-state index in [0.29, 0.717) is 5.75 Å². The molecule has 2 aromatic carbocycles. The first-order chi connectivity index (χ1) is 18.8. The number of ether oxygens (including phenoxy) is 1. The molecule has 9 rings (SSSR count). The van der Waals surface area contributed by atoms with Crippen molar-refractivity contribution in [3.63, 3.8) is 0 Å². The first kappa shape index (κ1) is 24.0. The van der Waals surface area contributed by atoms with Crippen molar-refractivity contribution in [2.75, 3.05) is 19.6 Å². The molecule has 1 saturated heterocycles. The van der Waals surface area contributed by atoms with Crippen molar-refractivity contribution in [1.29, 1.82) is 5.26 Å². The molecule has 3 aliphatic carbocycles. The van der Waals surface area contributed by atoms with Crippen LogP contribution >= 0.6 is 0 Å². The van der Waals surface area contributed by atoms with Crippen molar-refractivity contribution in [1.82, 2.24) is 14.8 Å². The number of unbranched alkanes of at least 4 members (excludes halogenated alkanes) is 1. The van der Waals surface area contributed by atoms with Gasteiger partial charge in [-0.15, -0.1) is 0 Å². The van der Waals surface area contributed by atoms with Gasteiger partial charge in [-0.1, -0.05) is 31.5 Å². The lowest BCUT2D eigenvalue weighted by molar-refractivity contribution is -0.264. The van der Waals surface area contributed by atoms with Crippen LogP contribution in [0.3, 0.4) is 0 Å². The van der Waals surface area contributed by atoms with Crippen molar-refractivity contribution >= 4 is 10.9 Å². The van der Waals surface area contributed by atoms with Crippen LogP contribution in [0, 0.1) is 22.6 Å². The van der Waals surface area contributed by atoms with Crippen LogP contribution in [0.1, 0.15) is 81.2 Å². The van der Waals surface area contributed by atoms with Crippen LogP contribution in [-0.2, 0) is 12.0 Å². The predicted molar refractivity (Wildman–Crippen MR) is 149 cm³/mol. The summed E-state index contributed by atoms with van der Waals surface area (Å²) in [5.74, 6) is 0.457. The maximum atomic E-state index is 16.6. The number of H-pyrrole nitrogens is 1. The lowest BCUT2D eigenvalue weighted by atomic mass is 9.29. The second-order valence-electron chi connectivity index (χ2n) is 13.2. The minimum Gasteiger partial charge on any atom is -0.489 e. The Kier molecular flexibility index (Phi) is 4.83. The van der Waals surface area contributed by atoms with Crippen LogP contribution in [0.25, 0.3) is 10.9 Å². The molecule has 1 N–H and O–H groups in total. The number of likely N-dealkylation sites (tertiary alicyclic amines) is 1. The van der Waals surface area contributed by atoms with Crippen LogP contribution in [0.15, 0.2) is 36.4 Å². The number of benzene rings is 2. The van der Waals surface area contributed by atoms with Gasteiger partial charge in [0.1, 0.15) is 17.7 Å². The molecule has 4 heterocycles. The summed E-state index contributed by atoms with van der Waals surface area (Å²) in [6.45, 7) is 9.77. The van der Waals surface area contributed by atoms with Crippen molar-refractivity contribution in [3.8, 4) is 11.8 Å². The topological polar surface area (TPSA) is 55.3 Å². The molecule has 1 spiro atoms. The van der Waals surface area contributed by atoms with Gasteiger partial charge in [-0.3, -0.25) is 9.80 Å². The standard InChI is InChI=1S/C33H37FN4O/c1-4-5-11-37-12-10-21(16-37)39-22-14-25-28(26(34)15-22)31(3)30-24(23-8-6-7-9-27(23)36-30)13-20(2)38(31)33-17-32(18-33,19-35)29(25)33/h6-9,14-15,20-21,29,36H,4-5,10-13,16-18H2,1-3H3/t20-,21-,29?,31+,32?,33?/m0/s1. The molecule has 2 bridgehead atoms. The predicted octanol–water partition coefficient (Wildman–Crippen LogP) is 6.22. The average molecular weight is 525 g/mol. The number of aromatic nitrogens is 1. The molecule has 3 saturated carbocycles. The van der Waals surface area contributed by atoms with Gasteiger partial charge in [-0.25, -0.2) is 4.39 Å². The fourth-order valence-corrected chi connectivity index (χ4v) is 9.73. The highest BCUT2D eigenvalue weighted by Gasteiger charge is 2.83. The quantitative estimate of drug-likeness (QED) is 0.430. The van der Waals surface area contributed by atoms with Crippen molar-refractivity contribution < 1.29 is 9.13 Å². The summed E-state index contributed by atoms with van der Waals surface area (Å²) in [5, 5.41) is 11.5. The number of para-hydroxylation sites is 1. The van der Waals surface area contributed by atoms with Gasteiger partial charge in [0.25, 0.3) is 0 Å².